The van der Waals surface area contributed by atoms with E-state index in [1.807, 2.05) is 13.1 Å². The first-order valence-corrected chi connectivity index (χ1v) is 13.3. The van der Waals surface area contributed by atoms with Crippen molar-refractivity contribution in [1.29, 1.82) is 0 Å². The fourth-order valence-electron chi connectivity index (χ4n) is 5.29. The Morgan fingerprint density at radius 3 is 2.75 bits per heavy atom. The van der Waals surface area contributed by atoms with Crippen molar-refractivity contribution < 1.29 is 18.8 Å². The molecule has 0 unspecified atom stereocenters. The molecule has 1 aliphatic heterocycles. The summed E-state index contributed by atoms with van der Waals surface area (Å²) >= 11 is 1.18. The number of hydrogen-bond donors (Lipinski definition) is 2. The van der Waals surface area contributed by atoms with Crippen LogP contribution in [0.3, 0.4) is 0 Å². The number of nitrogens with one attached hydrogen (secondary N) is 2. The predicted molar refractivity (Wildman–Crippen MR) is 138 cm³/mol. The standard InChI is InChI=1S/C26H34FN5O3S/c1-16-24(17(2)33)36-26(28-16)30-25(35)29-22-10-5-4-8-19(22)13-32-14-21(31(3)23(34)15-32)12-18-7-6-9-20(27)11-18/h6-7,9,11,19,21-22H,4-5,8,10,12-15H2,1-3H3,(H2,28,29,30,35)/t19-,21-,22+/m0/s1. The summed E-state index contributed by atoms with van der Waals surface area (Å²) in [6.45, 7) is 5.02. The van der Waals surface area contributed by atoms with Gasteiger partial charge in [-0.2, -0.15) is 0 Å². The van der Waals surface area contributed by atoms with Crippen molar-refractivity contribution in [1.82, 2.24) is 20.1 Å². The molecule has 0 bridgehead atoms. The number of aryl methyl sites for hydroxylation is 1. The lowest BCUT2D eigenvalue weighted by Crippen LogP contribution is -2.57. The van der Waals surface area contributed by atoms with E-state index in [0.29, 0.717) is 35.2 Å². The van der Waals surface area contributed by atoms with E-state index < -0.39 is 0 Å². The summed E-state index contributed by atoms with van der Waals surface area (Å²) in [4.78, 5) is 46.0. The summed E-state index contributed by atoms with van der Waals surface area (Å²) in [6, 6.07) is 6.18. The van der Waals surface area contributed by atoms with Crippen molar-refractivity contribution in [2.24, 2.45) is 5.92 Å². The van der Waals surface area contributed by atoms with Gasteiger partial charge in [-0.05, 0) is 49.8 Å². The average Bonchev–Trinajstić information content (AvgIpc) is 3.18. The van der Waals surface area contributed by atoms with Crippen molar-refractivity contribution in [3.8, 4) is 0 Å². The third-order valence-corrected chi connectivity index (χ3v) is 8.36. The van der Waals surface area contributed by atoms with Crippen molar-refractivity contribution in [3.63, 3.8) is 0 Å². The van der Waals surface area contributed by atoms with Crippen LogP contribution < -0.4 is 10.6 Å². The Balaban J connectivity index is 1.37. The number of Topliss-reactive ketones (excluding diaryl/α,β-unsaturated/α-hetero) is 1. The largest absolute Gasteiger partial charge is 0.340 e. The molecular formula is C26H34FN5O3S. The number of thiazole rings is 1. The smallest absolute Gasteiger partial charge is 0.321 e. The Morgan fingerprint density at radius 2 is 2.03 bits per heavy atom. The molecule has 2 fully saturated rings. The summed E-state index contributed by atoms with van der Waals surface area (Å²) in [6.07, 6.45) is 4.58. The lowest BCUT2D eigenvalue weighted by atomic mass is 9.84. The number of aromatic nitrogens is 1. The van der Waals surface area contributed by atoms with Gasteiger partial charge in [0.05, 0.1) is 17.1 Å². The van der Waals surface area contributed by atoms with Crippen LogP contribution in [0.2, 0.25) is 0 Å². The fraction of sp³-hybridized carbons (Fsp3) is 0.538. The Bertz CT molecular complexity index is 1120. The Hall–Kier alpha value is -2.85. The van der Waals surface area contributed by atoms with Gasteiger partial charge in [-0.1, -0.05) is 36.3 Å². The van der Waals surface area contributed by atoms with Gasteiger partial charge < -0.3 is 10.2 Å². The molecule has 36 heavy (non-hydrogen) atoms. The van der Waals surface area contributed by atoms with E-state index in [1.165, 1.54) is 30.4 Å². The Labute approximate surface area is 215 Å². The quantitative estimate of drug-likeness (QED) is 0.546. The summed E-state index contributed by atoms with van der Waals surface area (Å²) in [5, 5.41) is 6.30. The fourth-order valence-corrected chi connectivity index (χ4v) is 6.15. The highest BCUT2D eigenvalue weighted by Gasteiger charge is 2.34. The van der Waals surface area contributed by atoms with Crippen LogP contribution in [-0.4, -0.2) is 71.3 Å². The summed E-state index contributed by atoms with van der Waals surface area (Å²) in [7, 11) is 1.82. The molecule has 10 heteroatoms. The highest BCUT2D eigenvalue weighted by molar-refractivity contribution is 7.17. The molecule has 2 aliphatic rings. The normalized spacial score (nSPS) is 22.9. The van der Waals surface area contributed by atoms with Crippen LogP contribution in [0.25, 0.3) is 0 Å². The Kier molecular flexibility index (Phi) is 8.35. The zero-order valence-corrected chi connectivity index (χ0v) is 21.9. The van der Waals surface area contributed by atoms with Crippen LogP contribution in [0.5, 0.6) is 0 Å². The van der Waals surface area contributed by atoms with Gasteiger partial charge in [0.15, 0.2) is 10.9 Å². The molecule has 2 aromatic rings. The molecule has 8 nitrogen and oxygen atoms in total. The number of rotatable bonds is 7. The van der Waals surface area contributed by atoms with Crippen molar-refractivity contribution >= 4 is 34.2 Å². The monoisotopic (exact) mass is 515 g/mol. The number of ketones is 1. The van der Waals surface area contributed by atoms with Crippen LogP contribution in [0.4, 0.5) is 14.3 Å². The van der Waals surface area contributed by atoms with E-state index in [9.17, 15) is 18.8 Å². The average molecular weight is 516 g/mol. The number of benzene rings is 1. The number of hydrogen-bond acceptors (Lipinski definition) is 6. The lowest BCUT2D eigenvalue weighted by molar-refractivity contribution is -0.138. The molecule has 4 rings (SSSR count). The molecule has 1 saturated heterocycles. The second-order valence-corrected chi connectivity index (χ2v) is 10.9. The third kappa shape index (κ3) is 6.47. The van der Waals surface area contributed by atoms with Crippen molar-refractivity contribution in [3.05, 3.63) is 46.2 Å². The molecule has 0 radical (unpaired) electrons. The SMILES string of the molecule is CC(=O)c1sc(NC(=O)N[C@@H]2CCCC[C@H]2CN2CC(=O)N(C)[C@@H](Cc3cccc(F)c3)C2)nc1C. The van der Waals surface area contributed by atoms with Crippen LogP contribution >= 0.6 is 11.3 Å². The number of nitrogens with zero attached hydrogens (tertiary/aromatic N) is 3. The van der Waals surface area contributed by atoms with E-state index in [1.54, 1.807) is 17.9 Å². The zero-order valence-electron chi connectivity index (χ0n) is 21.1. The molecule has 1 saturated carbocycles. The van der Waals surface area contributed by atoms with Gasteiger partial charge in [0.25, 0.3) is 0 Å². The Morgan fingerprint density at radius 1 is 1.25 bits per heavy atom. The minimum atomic E-state index is -0.325. The van der Waals surface area contributed by atoms with Gasteiger partial charge >= 0.3 is 6.03 Å². The topological polar surface area (TPSA) is 94.6 Å². The number of piperazine rings is 1. The number of carbonyl (C=O) groups is 3. The van der Waals surface area contributed by atoms with E-state index in [0.717, 1.165) is 37.8 Å². The van der Waals surface area contributed by atoms with E-state index in [-0.39, 0.29) is 41.5 Å². The highest BCUT2D eigenvalue weighted by Crippen LogP contribution is 2.28. The molecule has 2 N–H and O–H groups in total. The molecule has 1 aliphatic carbocycles. The van der Waals surface area contributed by atoms with E-state index in [4.69, 9.17) is 0 Å². The predicted octanol–water partition coefficient (Wildman–Crippen LogP) is 3.86. The second kappa shape index (κ2) is 11.5. The summed E-state index contributed by atoms with van der Waals surface area (Å²) in [5.74, 6) is -0.0559. The van der Waals surface area contributed by atoms with Crippen molar-refractivity contribution in [2.45, 2.75) is 58.0 Å². The molecule has 194 valence electrons. The highest BCUT2D eigenvalue weighted by atomic mass is 32.1. The van der Waals surface area contributed by atoms with Gasteiger partial charge in [0.2, 0.25) is 5.91 Å². The third-order valence-electron chi connectivity index (χ3n) is 7.18. The maximum Gasteiger partial charge on any atom is 0.321 e. The molecule has 3 atom stereocenters. The number of amides is 3. The van der Waals surface area contributed by atoms with Crippen LogP contribution in [-0.2, 0) is 11.2 Å². The molecule has 2 heterocycles. The van der Waals surface area contributed by atoms with Gasteiger partial charge in [-0.25, -0.2) is 14.2 Å². The lowest BCUT2D eigenvalue weighted by Gasteiger charge is -2.42. The zero-order chi connectivity index (χ0) is 25.8. The molecule has 1 aromatic heterocycles. The minimum absolute atomic E-state index is 0.0106. The molecule has 3 amide bonds. The summed E-state index contributed by atoms with van der Waals surface area (Å²) < 4.78 is 13.7. The van der Waals surface area contributed by atoms with Crippen LogP contribution in [0.1, 0.15) is 53.5 Å². The first-order valence-electron chi connectivity index (χ1n) is 12.5. The molecule has 0 spiro atoms. The first-order chi connectivity index (χ1) is 17.2. The molecule has 1 aromatic carbocycles. The van der Waals surface area contributed by atoms with Gasteiger partial charge in [0.1, 0.15) is 5.82 Å². The number of urea groups is 1. The second-order valence-electron chi connectivity index (χ2n) is 9.93. The van der Waals surface area contributed by atoms with Gasteiger partial charge in [0, 0.05) is 39.1 Å². The van der Waals surface area contributed by atoms with Gasteiger partial charge in [-0.15, -0.1) is 0 Å². The van der Waals surface area contributed by atoms with Crippen LogP contribution in [0.15, 0.2) is 24.3 Å². The number of likely N-dealkylation sites (N-methyl/N-ethyl adjacent to an activating group) is 1. The first kappa shape index (κ1) is 26.2. The van der Waals surface area contributed by atoms with Crippen LogP contribution in [0, 0.1) is 18.7 Å². The van der Waals surface area contributed by atoms with Crippen molar-refractivity contribution in [2.75, 3.05) is 32.0 Å². The van der Waals surface area contributed by atoms with E-state index in [2.05, 4.69) is 20.5 Å². The number of halogens is 1. The maximum atomic E-state index is 13.7. The summed E-state index contributed by atoms with van der Waals surface area (Å²) in [5.41, 5.74) is 1.49. The van der Waals surface area contributed by atoms with E-state index >= 15 is 0 Å². The minimum Gasteiger partial charge on any atom is -0.340 e. The number of carbonyl (C=O) groups excluding carboxylic acids is 3. The van der Waals surface area contributed by atoms with Gasteiger partial charge in [-0.3, -0.25) is 19.8 Å². The number of anilines is 1. The maximum absolute atomic E-state index is 13.7. The molecular weight excluding hydrogens is 481 g/mol.